The number of H-pyrrole nitrogens is 1. The van der Waals surface area contributed by atoms with Crippen LogP contribution in [0.25, 0.3) is 0 Å². The van der Waals surface area contributed by atoms with Crippen molar-refractivity contribution in [2.75, 3.05) is 19.6 Å². The third-order valence-corrected chi connectivity index (χ3v) is 4.26. The van der Waals surface area contributed by atoms with Crippen molar-refractivity contribution < 1.29 is 9.57 Å². The van der Waals surface area contributed by atoms with E-state index < -0.39 is 0 Å². The van der Waals surface area contributed by atoms with Crippen LogP contribution in [-0.2, 0) is 4.84 Å². The zero-order chi connectivity index (χ0) is 12.0. The van der Waals surface area contributed by atoms with Gasteiger partial charge in [0, 0.05) is 24.9 Å². The van der Waals surface area contributed by atoms with E-state index in [1.165, 1.54) is 25.9 Å². The number of piperidine rings is 3. The highest BCUT2D eigenvalue weighted by Crippen LogP contribution is 2.41. The Balaban J connectivity index is 1.56. The van der Waals surface area contributed by atoms with Gasteiger partial charge in [0.25, 0.3) is 0 Å². The van der Waals surface area contributed by atoms with Crippen LogP contribution in [0.2, 0.25) is 0 Å². The predicted octanol–water partition coefficient (Wildman–Crippen LogP) is 1.23. The number of aromatic nitrogens is 1. The summed E-state index contributed by atoms with van der Waals surface area (Å²) in [6, 6.07) is 3.81. The summed E-state index contributed by atoms with van der Waals surface area (Å²) in [7, 11) is 0. The fraction of sp³-hybridized carbons (Fsp3) is 0.538. The van der Waals surface area contributed by atoms with Crippen LogP contribution in [-0.4, -0.2) is 35.1 Å². The summed E-state index contributed by atoms with van der Waals surface area (Å²) in [5, 5.41) is 0. The number of nitrogens with one attached hydrogen (secondary N) is 2. The second-order valence-electron chi connectivity index (χ2n) is 5.35. The van der Waals surface area contributed by atoms with Crippen molar-refractivity contribution in [1.29, 1.82) is 0 Å². The number of rotatable bonds is 2. The Kier molecular flexibility index (Phi) is 2.19. The van der Waals surface area contributed by atoms with Crippen LogP contribution in [0.3, 0.4) is 0 Å². The van der Waals surface area contributed by atoms with E-state index in [9.17, 15) is 0 Å². The van der Waals surface area contributed by atoms with Gasteiger partial charge in [-0.15, -0.1) is 0 Å². The Morgan fingerprint density at radius 3 is 2.94 bits per heavy atom. The monoisotopic (exact) mass is 247 g/mol. The van der Waals surface area contributed by atoms with Crippen LogP contribution >= 0.6 is 0 Å². The van der Waals surface area contributed by atoms with Crippen LogP contribution in [0, 0.1) is 5.92 Å². The van der Waals surface area contributed by atoms with E-state index in [0.717, 1.165) is 12.4 Å². The van der Waals surface area contributed by atoms with Crippen LogP contribution in [0.5, 0.6) is 5.88 Å². The molecular formula is C13H17N3O2. The van der Waals surface area contributed by atoms with E-state index >= 15 is 0 Å². The molecule has 0 radical (unpaired) electrons. The van der Waals surface area contributed by atoms with E-state index in [2.05, 4.69) is 21.4 Å². The fourth-order valence-corrected chi connectivity index (χ4v) is 3.31. The molecule has 0 aliphatic carbocycles. The summed E-state index contributed by atoms with van der Waals surface area (Å²) in [5.74, 6) is 2.04. The number of hydroxylamine groups is 1. The third-order valence-electron chi connectivity index (χ3n) is 4.26. The van der Waals surface area contributed by atoms with Gasteiger partial charge in [0.05, 0.1) is 0 Å². The topological polar surface area (TPSA) is 49.5 Å². The maximum atomic E-state index is 5.85. The summed E-state index contributed by atoms with van der Waals surface area (Å²) in [6.45, 7) is 3.38. The molecule has 5 rings (SSSR count). The highest BCUT2D eigenvalue weighted by atomic mass is 16.7. The Morgan fingerprint density at radius 1 is 1.39 bits per heavy atom. The average Bonchev–Trinajstić information content (AvgIpc) is 3.02. The number of hydrogen-bond donors (Lipinski definition) is 2. The molecule has 1 atom stereocenters. The molecule has 4 aliphatic rings. The average molecular weight is 247 g/mol. The molecule has 96 valence electrons. The van der Waals surface area contributed by atoms with Crippen molar-refractivity contribution in [2.24, 2.45) is 5.92 Å². The first-order valence-corrected chi connectivity index (χ1v) is 6.55. The molecule has 0 amide bonds. The van der Waals surface area contributed by atoms with E-state index in [4.69, 9.17) is 9.57 Å². The highest BCUT2D eigenvalue weighted by molar-refractivity contribution is 5.21. The minimum atomic E-state index is -0.182. The lowest BCUT2D eigenvalue weighted by Crippen LogP contribution is -2.58. The summed E-state index contributed by atoms with van der Waals surface area (Å²) >= 11 is 0. The van der Waals surface area contributed by atoms with Crippen LogP contribution in [0.4, 0.5) is 0 Å². The molecule has 0 saturated carbocycles. The summed E-state index contributed by atoms with van der Waals surface area (Å²) in [5.41, 5.74) is 2.75. The quantitative estimate of drug-likeness (QED) is 0.825. The predicted molar refractivity (Wildman–Crippen MR) is 65.6 cm³/mol. The van der Waals surface area contributed by atoms with Gasteiger partial charge in [-0.3, -0.25) is 9.74 Å². The van der Waals surface area contributed by atoms with Crippen LogP contribution in [0.15, 0.2) is 30.3 Å². The van der Waals surface area contributed by atoms with Crippen LogP contribution < -0.4 is 10.2 Å². The number of fused-ring (bicyclic) bond motifs is 2. The first-order valence-electron chi connectivity index (χ1n) is 6.55. The molecule has 5 heteroatoms. The molecule has 3 fully saturated rings. The van der Waals surface area contributed by atoms with Gasteiger partial charge in [0.2, 0.25) is 5.88 Å². The largest absolute Gasteiger partial charge is 0.423 e. The molecule has 5 nitrogen and oxygen atoms in total. The number of nitrogens with zero attached hydrogens (tertiary/aromatic N) is 1. The van der Waals surface area contributed by atoms with Gasteiger partial charge in [-0.2, -0.15) is 0 Å². The molecule has 3 saturated heterocycles. The Morgan fingerprint density at radius 2 is 2.28 bits per heavy atom. The minimum Gasteiger partial charge on any atom is -0.423 e. The molecular weight excluding hydrogens is 230 g/mol. The standard InChI is InChI=1S/C13H17N3O2/c1-2-11(14-5-1)17-12-8-13(18-15-12)9-16-6-3-10(13)4-7-16/h1-2,5,8,10,14-15H,3-4,6-7,9H2. The highest BCUT2D eigenvalue weighted by Gasteiger charge is 2.50. The van der Waals surface area contributed by atoms with Gasteiger partial charge in [-0.1, -0.05) is 0 Å². The first kappa shape index (κ1) is 10.5. The molecule has 0 aromatic carbocycles. The van der Waals surface area contributed by atoms with Crippen molar-refractivity contribution in [1.82, 2.24) is 15.4 Å². The van der Waals surface area contributed by atoms with E-state index in [-0.39, 0.29) is 5.60 Å². The van der Waals surface area contributed by atoms with Crippen LogP contribution in [0.1, 0.15) is 12.8 Å². The zero-order valence-electron chi connectivity index (χ0n) is 10.2. The normalized spacial score (nSPS) is 37.7. The lowest BCUT2D eigenvalue weighted by atomic mass is 9.75. The molecule has 1 aromatic rings. The molecule has 1 aromatic heterocycles. The van der Waals surface area contributed by atoms with E-state index in [1.54, 1.807) is 0 Å². The first-order chi connectivity index (χ1) is 8.84. The molecule has 1 unspecified atom stereocenters. The molecule has 5 heterocycles. The van der Waals surface area contributed by atoms with Gasteiger partial charge in [-0.25, -0.2) is 5.48 Å². The number of aromatic amines is 1. The van der Waals surface area contributed by atoms with Gasteiger partial charge < -0.3 is 9.72 Å². The molecule has 2 N–H and O–H groups in total. The smallest absolute Gasteiger partial charge is 0.218 e. The lowest BCUT2D eigenvalue weighted by molar-refractivity contribution is -0.141. The third kappa shape index (κ3) is 1.54. The van der Waals surface area contributed by atoms with Crippen molar-refractivity contribution >= 4 is 0 Å². The zero-order valence-corrected chi connectivity index (χ0v) is 10.2. The molecule has 4 aliphatic heterocycles. The Bertz CT molecular complexity index is 463. The lowest BCUT2D eigenvalue weighted by Gasteiger charge is -2.48. The van der Waals surface area contributed by atoms with Crippen molar-refractivity contribution in [3.05, 3.63) is 30.3 Å². The van der Waals surface area contributed by atoms with Gasteiger partial charge >= 0.3 is 0 Å². The second kappa shape index (κ2) is 3.76. The molecule has 2 bridgehead atoms. The van der Waals surface area contributed by atoms with Crippen molar-refractivity contribution in [3.8, 4) is 5.88 Å². The van der Waals surface area contributed by atoms with Gasteiger partial charge in [-0.05, 0) is 37.9 Å². The Hall–Kier alpha value is -1.46. The molecule has 18 heavy (non-hydrogen) atoms. The SMILES string of the molecule is C1=C(Oc2ccc[nH]2)NOC12CN1CCC2CC1. The summed E-state index contributed by atoms with van der Waals surface area (Å²) in [6.07, 6.45) is 6.39. The number of ether oxygens (including phenoxy) is 1. The van der Waals surface area contributed by atoms with Crippen molar-refractivity contribution in [2.45, 2.75) is 18.4 Å². The second-order valence-corrected chi connectivity index (χ2v) is 5.35. The van der Waals surface area contributed by atoms with Gasteiger partial charge in [0.15, 0.2) is 5.88 Å². The molecule has 1 spiro atoms. The summed E-state index contributed by atoms with van der Waals surface area (Å²) < 4.78 is 5.70. The maximum Gasteiger partial charge on any atom is 0.218 e. The van der Waals surface area contributed by atoms with E-state index in [1.807, 2.05) is 18.3 Å². The van der Waals surface area contributed by atoms with E-state index in [0.29, 0.717) is 11.8 Å². The number of hydrogen-bond acceptors (Lipinski definition) is 4. The minimum absolute atomic E-state index is 0.182. The van der Waals surface area contributed by atoms with Gasteiger partial charge in [0.1, 0.15) is 5.60 Å². The fourth-order valence-electron chi connectivity index (χ4n) is 3.31. The Labute approximate surface area is 106 Å². The summed E-state index contributed by atoms with van der Waals surface area (Å²) in [4.78, 5) is 11.3. The maximum absolute atomic E-state index is 5.85. The van der Waals surface area contributed by atoms with Crippen molar-refractivity contribution in [3.63, 3.8) is 0 Å².